The Hall–Kier alpha value is -0.570. The Morgan fingerprint density at radius 2 is 1.81 bits per heavy atom. The number of halogens is 1. The van der Waals surface area contributed by atoms with Crippen molar-refractivity contribution in [2.45, 2.75) is 56.5 Å². The smallest absolute Gasteiger partial charge is 0.0438 e. The third-order valence-electron chi connectivity index (χ3n) is 5.58. The Bertz CT molecular complexity index is 462. The highest BCUT2D eigenvalue weighted by Gasteiger charge is 2.45. The highest BCUT2D eigenvalue weighted by molar-refractivity contribution is 6.31. The quantitative estimate of drug-likeness (QED) is 0.888. The summed E-state index contributed by atoms with van der Waals surface area (Å²) in [4.78, 5) is 2.78. The van der Waals surface area contributed by atoms with E-state index in [9.17, 15) is 0 Å². The maximum absolute atomic E-state index is 6.40. The summed E-state index contributed by atoms with van der Waals surface area (Å²) in [6.45, 7) is 2.56. The molecule has 1 aromatic carbocycles. The maximum Gasteiger partial charge on any atom is 0.0438 e. The van der Waals surface area contributed by atoms with Crippen LogP contribution in [-0.4, -0.2) is 36.6 Å². The molecule has 1 saturated carbocycles. The van der Waals surface area contributed by atoms with Crippen molar-refractivity contribution in [3.8, 4) is 0 Å². The van der Waals surface area contributed by atoms with Crippen LogP contribution in [0.2, 0.25) is 5.02 Å². The molecule has 0 amide bonds. The van der Waals surface area contributed by atoms with Gasteiger partial charge in [0.05, 0.1) is 0 Å². The molecule has 3 rings (SSSR count). The van der Waals surface area contributed by atoms with Crippen LogP contribution in [0.15, 0.2) is 24.3 Å². The SMILES string of the molecule is CNC(Cc1ccccc1Cl)C1(N2CCCC2)CCCC1. The van der Waals surface area contributed by atoms with Gasteiger partial charge in [-0.25, -0.2) is 0 Å². The first kappa shape index (κ1) is 15.3. The number of rotatable bonds is 5. The predicted octanol–water partition coefficient (Wildman–Crippen LogP) is 3.88. The summed E-state index contributed by atoms with van der Waals surface area (Å²) >= 11 is 6.40. The molecular weight excluding hydrogens is 280 g/mol. The minimum Gasteiger partial charge on any atom is -0.315 e. The van der Waals surface area contributed by atoms with Crippen LogP contribution in [-0.2, 0) is 6.42 Å². The summed E-state index contributed by atoms with van der Waals surface area (Å²) in [6, 6.07) is 8.81. The zero-order valence-electron chi connectivity index (χ0n) is 13.1. The van der Waals surface area contributed by atoms with Gasteiger partial charge in [-0.3, -0.25) is 4.90 Å². The molecule has 0 radical (unpaired) electrons. The first-order valence-corrected chi connectivity index (χ1v) is 8.80. The average molecular weight is 307 g/mol. The molecule has 1 atom stereocenters. The van der Waals surface area contributed by atoms with Gasteiger partial charge in [-0.2, -0.15) is 0 Å². The minimum absolute atomic E-state index is 0.352. The first-order valence-electron chi connectivity index (χ1n) is 8.42. The fourth-order valence-electron chi connectivity index (χ4n) is 4.48. The summed E-state index contributed by atoms with van der Waals surface area (Å²) in [5.74, 6) is 0. The Morgan fingerprint density at radius 1 is 1.14 bits per heavy atom. The van der Waals surface area contributed by atoms with Gasteiger partial charge < -0.3 is 5.32 Å². The maximum atomic E-state index is 6.40. The molecule has 1 aromatic rings. The van der Waals surface area contributed by atoms with Crippen molar-refractivity contribution in [1.29, 1.82) is 0 Å². The van der Waals surface area contributed by atoms with E-state index in [-0.39, 0.29) is 0 Å². The van der Waals surface area contributed by atoms with Gasteiger partial charge in [0.2, 0.25) is 0 Å². The topological polar surface area (TPSA) is 15.3 Å². The summed E-state index contributed by atoms with van der Waals surface area (Å²) in [7, 11) is 2.12. The monoisotopic (exact) mass is 306 g/mol. The van der Waals surface area contributed by atoms with Crippen molar-refractivity contribution in [2.75, 3.05) is 20.1 Å². The van der Waals surface area contributed by atoms with Crippen molar-refractivity contribution >= 4 is 11.6 Å². The van der Waals surface area contributed by atoms with E-state index in [1.165, 1.54) is 57.2 Å². The Balaban J connectivity index is 1.84. The Morgan fingerprint density at radius 3 is 2.43 bits per heavy atom. The van der Waals surface area contributed by atoms with Crippen molar-refractivity contribution in [3.05, 3.63) is 34.9 Å². The van der Waals surface area contributed by atoms with Crippen molar-refractivity contribution in [3.63, 3.8) is 0 Å². The minimum atomic E-state index is 0.352. The average Bonchev–Trinajstić information content (AvgIpc) is 3.18. The number of likely N-dealkylation sites (N-methyl/N-ethyl adjacent to an activating group) is 1. The summed E-state index contributed by atoms with van der Waals surface area (Å²) < 4.78 is 0. The highest BCUT2D eigenvalue weighted by Crippen LogP contribution is 2.41. The van der Waals surface area contributed by atoms with Gasteiger partial charge in [-0.15, -0.1) is 0 Å². The molecule has 1 N–H and O–H groups in total. The highest BCUT2D eigenvalue weighted by atomic mass is 35.5. The number of hydrogen-bond acceptors (Lipinski definition) is 2. The second kappa shape index (κ2) is 6.68. The van der Waals surface area contributed by atoms with E-state index >= 15 is 0 Å². The normalized spacial score (nSPS) is 23.5. The van der Waals surface area contributed by atoms with Crippen molar-refractivity contribution in [1.82, 2.24) is 10.2 Å². The molecule has 21 heavy (non-hydrogen) atoms. The molecule has 116 valence electrons. The number of nitrogens with zero attached hydrogens (tertiary/aromatic N) is 1. The molecule has 2 nitrogen and oxygen atoms in total. The number of hydrogen-bond donors (Lipinski definition) is 1. The predicted molar refractivity (Wildman–Crippen MR) is 90.0 cm³/mol. The van der Waals surface area contributed by atoms with Crippen LogP contribution in [0.4, 0.5) is 0 Å². The number of benzene rings is 1. The zero-order chi connectivity index (χ0) is 14.7. The second-order valence-electron chi connectivity index (χ2n) is 6.64. The zero-order valence-corrected chi connectivity index (χ0v) is 13.8. The van der Waals surface area contributed by atoms with Gasteiger partial charge in [0.25, 0.3) is 0 Å². The molecule has 2 fully saturated rings. The molecule has 2 aliphatic rings. The van der Waals surface area contributed by atoms with Crippen LogP contribution in [0.1, 0.15) is 44.1 Å². The van der Waals surface area contributed by atoms with E-state index < -0.39 is 0 Å². The van der Waals surface area contributed by atoms with Gasteiger partial charge in [0, 0.05) is 16.6 Å². The molecule has 1 aliphatic carbocycles. The molecule has 1 saturated heterocycles. The van der Waals surface area contributed by atoms with Crippen LogP contribution >= 0.6 is 11.6 Å². The third-order valence-corrected chi connectivity index (χ3v) is 5.95. The van der Waals surface area contributed by atoms with E-state index in [0.29, 0.717) is 11.6 Å². The Kier molecular flexibility index (Phi) is 4.88. The fourth-order valence-corrected chi connectivity index (χ4v) is 4.69. The fraction of sp³-hybridized carbons (Fsp3) is 0.667. The van der Waals surface area contributed by atoms with Gasteiger partial charge in [-0.05, 0) is 63.9 Å². The molecule has 0 aromatic heterocycles. The van der Waals surface area contributed by atoms with Gasteiger partial charge in [-0.1, -0.05) is 42.6 Å². The van der Waals surface area contributed by atoms with Crippen LogP contribution in [0, 0.1) is 0 Å². The van der Waals surface area contributed by atoms with E-state index in [1.54, 1.807) is 0 Å². The standard InChI is InChI=1S/C18H27ClN2/c1-20-17(14-15-8-2-3-9-16(15)19)18(10-4-5-11-18)21-12-6-7-13-21/h2-3,8-9,17,20H,4-7,10-14H2,1H3. The number of nitrogens with one attached hydrogen (secondary N) is 1. The lowest BCUT2D eigenvalue weighted by Gasteiger charge is -2.45. The van der Waals surface area contributed by atoms with Crippen molar-refractivity contribution in [2.24, 2.45) is 0 Å². The lowest BCUT2D eigenvalue weighted by molar-refractivity contribution is 0.0798. The van der Waals surface area contributed by atoms with Gasteiger partial charge >= 0.3 is 0 Å². The van der Waals surface area contributed by atoms with Gasteiger partial charge in [0.15, 0.2) is 0 Å². The lowest BCUT2D eigenvalue weighted by atomic mass is 9.82. The van der Waals surface area contributed by atoms with Crippen LogP contribution in [0.3, 0.4) is 0 Å². The molecule has 0 bridgehead atoms. The third kappa shape index (κ3) is 2.99. The first-order chi connectivity index (χ1) is 10.3. The second-order valence-corrected chi connectivity index (χ2v) is 7.05. The molecule has 3 heteroatoms. The molecule has 1 unspecified atom stereocenters. The number of likely N-dealkylation sites (tertiary alicyclic amines) is 1. The molecule has 0 spiro atoms. The van der Waals surface area contributed by atoms with Gasteiger partial charge in [0.1, 0.15) is 0 Å². The van der Waals surface area contributed by atoms with Crippen LogP contribution in [0.25, 0.3) is 0 Å². The largest absolute Gasteiger partial charge is 0.315 e. The van der Waals surface area contributed by atoms with Crippen molar-refractivity contribution < 1.29 is 0 Å². The van der Waals surface area contributed by atoms with Crippen LogP contribution < -0.4 is 5.32 Å². The Labute approximate surface area is 133 Å². The molecule has 1 heterocycles. The van der Waals surface area contributed by atoms with E-state index in [2.05, 4.69) is 29.4 Å². The summed E-state index contributed by atoms with van der Waals surface area (Å²) in [5, 5.41) is 4.55. The van der Waals surface area contributed by atoms with E-state index in [0.717, 1.165) is 11.4 Å². The molecular formula is C18H27ClN2. The van der Waals surface area contributed by atoms with Crippen LogP contribution in [0.5, 0.6) is 0 Å². The molecule has 1 aliphatic heterocycles. The van der Waals surface area contributed by atoms with E-state index in [4.69, 9.17) is 11.6 Å². The summed E-state index contributed by atoms with van der Waals surface area (Å²) in [6.07, 6.45) is 9.18. The summed E-state index contributed by atoms with van der Waals surface area (Å²) in [5.41, 5.74) is 1.63. The van der Waals surface area contributed by atoms with E-state index in [1.807, 2.05) is 12.1 Å². The lowest BCUT2D eigenvalue weighted by Crippen LogP contribution is -2.59.